The zero-order chi connectivity index (χ0) is 13.8. The standard InChI is InChI=1S/C15H21FN2O/c1-11-9-12(3-4-14(11)16)10-18(2)15(19)13-5-7-17-8-6-13/h3-4,9,13,17H,5-8,10H2,1-2H3. The maximum Gasteiger partial charge on any atom is 0.225 e. The molecule has 0 aromatic heterocycles. The second-order valence-electron chi connectivity index (χ2n) is 5.30. The van der Waals surface area contributed by atoms with Crippen molar-refractivity contribution in [3.8, 4) is 0 Å². The van der Waals surface area contributed by atoms with E-state index < -0.39 is 0 Å². The van der Waals surface area contributed by atoms with Crippen LogP contribution in [0.25, 0.3) is 0 Å². The van der Waals surface area contributed by atoms with Crippen molar-refractivity contribution in [2.24, 2.45) is 5.92 Å². The summed E-state index contributed by atoms with van der Waals surface area (Å²) in [7, 11) is 1.82. The van der Waals surface area contributed by atoms with Crippen LogP contribution >= 0.6 is 0 Å². The molecule has 1 aliphatic heterocycles. The van der Waals surface area contributed by atoms with Gasteiger partial charge >= 0.3 is 0 Å². The molecule has 0 radical (unpaired) electrons. The zero-order valence-corrected chi connectivity index (χ0v) is 11.6. The van der Waals surface area contributed by atoms with Crippen LogP contribution in [0.3, 0.4) is 0 Å². The summed E-state index contributed by atoms with van der Waals surface area (Å²) in [6, 6.07) is 5.02. The summed E-state index contributed by atoms with van der Waals surface area (Å²) < 4.78 is 13.2. The molecule has 3 nitrogen and oxygen atoms in total. The molecule has 1 fully saturated rings. The maximum atomic E-state index is 13.2. The molecule has 1 aromatic carbocycles. The van der Waals surface area contributed by atoms with Gasteiger partial charge in [0.25, 0.3) is 0 Å². The lowest BCUT2D eigenvalue weighted by molar-refractivity contribution is -0.135. The SMILES string of the molecule is Cc1cc(CN(C)C(=O)C2CCNCC2)ccc1F. The molecule has 0 atom stereocenters. The van der Waals surface area contributed by atoms with Gasteiger partial charge in [-0.3, -0.25) is 4.79 Å². The first-order chi connectivity index (χ1) is 9.08. The average Bonchev–Trinajstić information content (AvgIpc) is 2.43. The molecular formula is C15H21FN2O. The van der Waals surface area contributed by atoms with Gasteiger partial charge in [0.1, 0.15) is 5.82 Å². The first kappa shape index (κ1) is 14.0. The van der Waals surface area contributed by atoms with Gasteiger partial charge < -0.3 is 10.2 Å². The number of halogens is 1. The number of hydrogen-bond donors (Lipinski definition) is 1. The molecular weight excluding hydrogens is 243 g/mol. The lowest BCUT2D eigenvalue weighted by atomic mass is 9.96. The highest BCUT2D eigenvalue weighted by Crippen LogP contribution is 2.17. The molecule has 0 spiro atoms. The molecule has 1 heterocycles. The van der Waals surface area contributed by atoms with E-state index in [2.05, 4.69) is 5.32 Å². The molecule has 1 aliphatic rings. The Hall–Kier alpha value is -1.42. The van der Waals surface area contributed by atoms with Gasteiger partial charge in [-0.2, -0.15) is 0 Å². The van der Waals surface area contributed by atoms with E-state index in [9.17, 15) is 9.18 Å². The third-order valence-electron chi connectivity index (χ3n) is 3.71. The van der Waals surface area contributed by atoms with Crippen molar-refractivity contribution in [2.45, 2.75) is 26.3 Å². The van der Waals surface area contributed by atoms with Crippen molar-refractivity contribution in [2.75, 3.05) is 20.1 Å². The number of nitrogens with one attached hydrogen (secondary N) is 1. The van der Waals surface area contributed by atoms with E-state index in [1.165, 1.54) is 6.07 Å². The van der Waals surface area contributed by atoms with Crippen molar-refractivity contribution < 1.29 is 9.18 Å². The largest absolute Gasteiger partial charge is 0.341 e. The Balaban J connectivity index is 1.97. The Bertz CT molecular complexity index is 455. The van der Waals surface area contributed by atoms with Gasteiger partial charge in [0.15, 0.2) is 0 Å². The minimum Gasteiger partial charge on any atom is -0.341 e. The van der Waals surface area contributed by atoms with Crippen LogP contribution in [-0.2, 0) is 11.3 Å². The van der Waals surface area contributed by atoms with Gasteiger partial charge in [-0.1, -0.05) is 12.1 Å². The van der Waals surface area contributed by atoms with E-state index >= 15 is 0 Å². The molecule has 0 unspecified atom stereocenters. The molecule has 1 N–H and O–H groups in total. The predicted molar refractivity (Wildman–Crippen MR) is 73.2 cm³/mol. The number of carbonyl (C=O) groups excluding carboxylic acids is 1. The number of nitrogens with zero attached hydrogens (tertiary/aromatic N) is 1. The molecule has 0 saturated carbocycles. The summed E-state index contributed by atoms with van der Waals surface area (Å²) >= 11 is 0. The molecule has 0 bridgehead atoms. The molecule has 4 heteroatoms. The zero-order valence-electron chi connectivity index (χ0n) is 11.6. The van der Waals surface area contributed by atoms with Crippen LogP contribution in [0, 0.1) is 18.7 Å². The lowest BCUT2D eigenvalue weighted by Gasteiger charge is -2.27. The molecule has 0 aliphatic carbocycles. The van der Waals surface area contributed by atoms with E-state index in [-0.39, 0.29) is 17.6 Å². The molecule has 1 saturated heterocycles. The average molecular weight is 264 g/mol. The Morgan fingerprint density at radius 2 is 2.11 bits per heavy atom. The third-order valence-corrected chi connectivity index (χ3v) is 3.71. The molecule has 1 aromatic rings. The summed E-state index contributed by atoms with van der Waals surface area (Å²) in [6.07, 6.45) is 1.82. The summed E-state index contributed by atoms with van der Waals surface area (Å²) in [4.78, 5) is 14.0. The van der Waals surface area contributed by atoms with E-state index in [4.69, 9.17) is 0 Å². The number of hydrogen-bond acceptors (Lipinski definition) is 2. The quantitative estimate of drug-likeness (QED) is 0.906. The Morgan fingerprint density at radius 1 is 1.42 bits per heavy atom. The van der Waals surface area contributed by atoms with Crippen LogP contribution in [0.1, 0.15) is 24.0 Å². The number of rotatable bonds is 3. The molecule has 104 valence electrons. The number of benzene rings is 1. The second kappa shape index (κ2) is 6.15. The second-order valence-corrected chi connectivity index (χ2v) is 5.30. The van der Waals surface area contributed by atoms with Gasteiger partial charge in [0.2, 0.25) is 5.91 Å². The maximum absolute atomic E-state index is 13.2. The van der Waals surface area contributed by atoms with Crippen molar-refractivity contribution >= 4 is 5.91 Å². The lowest BCUT2D eigenvalue weighted by Crippen LogP contribution is -2.38. The minimum absolute atomic E-state index is 0.132. The molecule has 19 heavy (non-hydrogen) atoms. The van der Waals surface area contributed by atoms with Crippen molar-refractivity contribution in [1.29, 1.82) is 0 Å². The summed E-state index contributed by atoms with van der Waals surface area (Å²) in [5.74, 6) is 0.132. The first-order valence-corrected chi connectivity index (χ1v) is 6.78. The molecule has 1 amide bonds. The fourth-order valence-electron chi connectivity index (χ4n) is 2.54. The van der Waals surface area contributed by atoms with Crippen LogP contribution < -0.4 is 5.32 Å². The Morgan fingerprint density at radius 3 is 2.74 bits per heavy atom. The number of piperidine rings is 1. The first-order valence-electron chi connectivity index (χ1n) is 6.78. The summed E-state index contributed by atoms with van der Waals surface area (Å²) in [5, 5.41) is 3.26. The summed E-state index contributed by atoms with van der Waals surface area (Å²) in [6.45, 7) is 4.12. The monoisotopic (exact) mass is 264 g/mol. The van der Waals surface area contributed by atoms with Gasteiger partial charge in [-0.05, 0) is 50.0 Å². The topological polar surface area (TPSA) is 32.3 Å². The summed E-state index contributed by atoms with van der Waals surface area (Å²) in [5.41, 5.74) is 1.60. The van der Waals surface area contributed by atoms with Crippen molar-refractivity contribution in [1.82, 2.24) is 10.2 Å². The highest BCUT2D eigenvalue weighted by atomic mass is 19.1. The van der Waals surface area contributed by atoms with Crippen molar-refractivity contribution in [3.63, 3.8) is 0 Å². The fraction of sp³-hybridized carbons (Fsp3) is 0.533. The number of aryl methyl sites for hydroxylation is 1. The van der Waals surface area contributed by atoms with Gasteiger partial charge in [-0.15, -0.1) is 0 Å². The molecule has 2 rings (SSSR count). The van der Waals surface area contributed by atoms with E-state index in [0.717, 1.165) is 31.5 Å². The van der Waals surface area contributed by atoms with Crippen LogP contribution in [0.4, 0.5) is 4.39 Å². The van der Waals surface area contributed by atoms with Crippen LogP contribution in [0.2, 0.25) is 0 Å². The normalized spacial score (nSPS) is 16.4. The van der Waals surface area contributed by atoms with Crippen LogP contribution in [0.15, 0.2) is 18.2 Å². The third kappa shape index (κ3) is 3.53. The van der Waals surface area contributed by atoms with E-state index in [1.807, 2.05) is 13.1 Å². The van der Waals surface area contributed by atoms with Gasteiger partial charge in [0, 0.05) is 19.5 Å². The Kier molecular flexibility index (Phi) is 4.53. The smallest absolute Gasteiger partial charge is 0.225 e. The van der Waals surface area contributed by atoms with E-state index in [0.29, 0.717) is 12.1 Å². The fourth-order valence-corrected chi connectivity index (χ4v) is 2.54. The van der Waals surface area contributed by atoms with Crippen LogP contribution in [-0.4, -0.2) is 30.9 Å². The predicted octanol–water partition coefficient (Wildman–Crippen LogP) is 2.09. The number of carbonyl (C=O) groups is 1. The minimum atomic E-state index is -0.198. The van der Waals surface area contributed by atoms with Gasteiger partial charge in [0.05, 0.1) is 0 Å². The Labute approximate surface area is 113 Å². The highest BCUT2D eigenvalue weighted by Gasteiger charge is 2.23. The number of amides is 1. The van der Waals surface area contributed by atoms with Crippen molar-refractivity contribution in [3.05, 3.63) is 35.1 Å². The van der Waals surface area contributed by atoms with Crippen LogP contribution in [0.5, 0.6) is 0 Å². The highest BCUT2D eigenvalue weighted by molar-refractivity contribution is 5.78. The van der Waals surface area contributed by atoms with E-state index in [1.54, 1.807) is 17.9 Å². The van der Waals surface area contributed by atoms with Gasteiger partial charge in [-0.25, -0.2) is 4.39 Å².